The van der Waals surface area contributed by atoms with Crippen LogP contribution in [0.25, 0.3) is 22.3 Å². The molecular formula is C17H14N2O5. The minimum Gasteiger partial charge on any atom is -0.507 e. The number of nitrogens with zero attached hydrogens (tertiary/aromatic N) is 1. The SMILES string of the molecule is CCOC(=O)Nc1ncccc1-c1cc(=O)c2c(O)cccc2o1. The van der Waals surface area contributed by atoms with Gasteiger partial charge in [-0.05, 0) is 31.2 Å². The first-order valence-electron chi connectivity index (χ1n) is 7.25. The first kappa shape index (κ1) is 15.5. The number of benzene rings is 1. The van der Waals surface area contributed by atoms with Crippen LogP contribution in [0.1, 0.15) is 6.92 Å². The predicted octanol–water partition coefficient (Wildman–Crippen LogP) is 3.13. The second-order valence-corrected chi connectivity index (χ2v) is 4.87. The van der Waals surface area contributed by atoms with E-state index in [2.05, 4.69) is 10.3 Å². The highest BCUT2D eigenvalue weighted by atomic mass is 16.5. The van der Waals surface area contributed by atoms with Gasteiger partial charge in [-0.3, -0.25) is 10.1 Å². The Morgan fingerprint density at radius 2 is 2.17 bits per heavy atom. The van der Waals surface area contributed by atoms with Crippen molar-refractivity contribution < 1.29 is 19.1 Å². The van der Waals surface area contributed by atoms with Gasteiger partial charge in [0.15, 0.2) is 5.43 Å². The van der Waals surface area contributed by atoms with Gasteiger partial charge in [-0.25, -0.2) is 9.78 Å². The third-order valence-corrected chi connectivity index (χ3v) is 3.30. The molecule has 0 saturated carbocycles. The van der Waals surface area contributed by atoms with E-state index in [1.165, 1.54) is 18.3 Å². The lowest BCUT2D eigenvalue weighted by atomic mass is 10.1. The van der Waals surface area contributed by atoms with Crippen LogP contribution in [0.3, 0.4) is 0 Å². The standard InChI is InChI=1S/C17H14N2O5/c1-2-23-17(22)19-16-10(5-4-8-18-16)14-9-12(21)15-11(20)6-3-7-13(15)24-14/h3-9,20H,2H2,1H3,(H,18,19,22). The zero-order valence-corrected chi connectivity index (χ0v) is 12.8. The summed E-state index contributed by atoms with van der Waals surface area (Å²) in [5.74, 6) is 0.278. The lowest BCUT2D eigenvalue weighted by molar-refractivity contribution is 0.168. The van der Waals surface area contributed by atoms with Crippen LogP contribution >= 0.6 is 0 Å². The molecule has 122 valence electrons. The molecule has 1 aromatic carbocycles. The van der Waals surface area contributed by atoms with Crippen LogP contribution in [0.4, 0.5) is 10.6 Å². The van der Waals surface area contributed by atoms with E-state index in [-0.39, 0.29) is 34.9 Å². The number of carbonyl (C=O) groups excluding carboxylic acids is 1. The number of hydrogen-bond acceptors (Lipinski definition) is 6. The molecule has 2 aromatic heterocycles. The van der Waals surface area contributed by atoms with Crippen LogP contribution in [-0.4, -0.2) is 22.8 Å². The van der Waals surface area contributed by atoms with Crippen molar-refractivity contribution in [3.8, 4) is 17.1 Å². The minimum absolute atomic E-state index is 0.102. The Bertz CT molecular complexity index is 965. The highest BCUT2D eigenvalue weighted by Crippen LogP contribution is 2.29. The van der Waals surface area contributed by atoms with E-state index in [1.807, 2.05) is 0 Å². The molecule has 0 unspecified atom stereocenters. The molecule has 0 bridgehead atoms. The number of pyridine rings is 1. The first-order chi connectivity index (χ1) is 11.6. The summed E-state index contributed by atoms with van der Waals surface area (Å²) in [5.41, 5.74) is 0.270. The monoisotopic (exact) mass is 326 g/mol. The average molecular weight is 326 g/mol. The molecular weight excluding hydrogens is 312 g/mol. The number of aromatic hydroxyl groups is 1. The molecule has 0 aliphatic rings. The maximum atomic E-state index is 12.3. The largest absolute Gasteiger partial charge is 0.507 e. The van der Waals surface area contributed by atoms with E-state index in [1.54, 1.807) is 31.2 Å². The molecule has 0 fully saturated rings. The lowest BCUT2D eigenvalue weighted by Crippen LogP contribution is -2.15. The number of phenols is 1. The zero-order chi connectivity index (χ0) is 17.1. The van der Waals surface area contributed by atoms with Crippen LogP contribution in [0, 0.1) is 0 Å². The summed E-state index contributed by atoms with van der Waals surface area (Å²) < 4.78 is 10.5. The van der Waals surface area contributed by atoms with Crippen LogP contribution in [0.5, 0.6) is 5.75 Å². The van der Waals surface area contributed by atoms with Crippen molar-refractivity contribution >= 4 is 22.9 Å². The van der Waals surface area contributed by atoms with Gasteiger partial charge >= 0.3 is 6.09 Å². The summed E-state index contributed by atoms with van der Waals surface area (Å²) >= 11 is 0. The number of anilines is 1. The Hall–Kier alpha value is -3.35. The average Bonchev–Trinajstić information content (AvgIpc) is 2.55. The van der Waals surface area contributed by atoms with Crippen LogP contribution < -0.4 is 10.7 Å². The number of aromatic nitrogens is 1. The van der Waals surface area contributed by atoms with Crippen molar-refractivity contribution in [1.82, 2.24) is 4.98 Å². The summed E-state index contributed by atoms with van der Waals surface area (Å²) in [6.45, 7) is 1.91. The van der Waals surface area contributed by atoms with Crippen molar-refractivity contribution in [3.63, 3.8) is 0 Å². The highest BCUT2D eigenvalue weighted by Gasteiger charge is 2.15. The van der Waals surface area contributed by atoms with Crippen LogP contribution in [0.15, 0.2) is 51.8 Å². The first-order valence-corrected chi connectivity index (χ1v) is 7.25. The Morgan fingerprint density at radius 1 is 1.33 bits per heavy atom. The van der Waals surface area contributed by atoms with Crippen molar-refractivity contribution in [2.24, 2.45) is 0 Å². The van der Waals surface area contributed by atoms with E-state index in [4.69, 9.17) is 9.15 Å². The number of carbonyl (C=O) groups is 1. The van der Waals surface area contributed by atoms with Crippen molar-refractivity contribution in [2.45, 2.75) is 6.92 Å². The second kappa shape index (κ2) is 6.41. The molecule has 0 aliphatic heterocycles. The Labute approximate surface area is 136 Å². The molecule has 0 aliphatic carbocycles. The number of ether oxygens (including phenoxy) is 1. The maximum Gasteiger partial charge on any atom is 0.412 e. The van der Waals surface area contributed by atoms with Gasteiger partial charge in [0, 0.05) is 12.3 Å². The lowest BCUT2D eigenvalue weighted by Gasteiger charge is -2.10. The molecule has 7 nitrogen and oxygen atoms in total. The molecule has 0 radical (unpaired) electrons. The molecule has 0 atom stereocenters. The predicted molar refractivity (Wildman–Crippen MR) is 88.0 cm³/mol. The third kappa shape index (κ3) is 2.91. The van der Waals surface area contributed by atoms with Crippen molar-refractivity contribution in [3.05, 3.63) is 52.8 Å². The summed E-state index contributed by atoms with van der Waals surface area (Å²) in [7, 11) is 0. The number of phenolic OH excluding ortho intramolecular Hbond substituents is 1. The Balaban J connectivity index is 2.11. The van der Waals surface area contributed by atoms with E-state index < -0.39 is 11.5 Å². The number of amides is 1. The van der Waals surface area contributed by atoms with E-state index in [0.717, 1.165) is 0 Å². The summed E-state index contributed by atoms with van der Waals surface area (Å²) in [6.07, 6.45) is 0.842. The van der Waals surface area contributed by atoms with Crippen molar-refractivity contribution in [2.75, 3.05) is 11.9 Å². The fraction of sp³-hybridized carbons (Fsp3) is 0.118. The van der Waals surface area contributed by atoms with Gasteiger partial charge in [-0.1, -0.05) is 6.07 Å². The molecule has 24 heavy (non-hydrogen) atoms. The number of hydrogen-bond donors (Lipinski definition) is 2. The molecule has 0 spiro atoms. The smallest absolute Gasteiger partial charge is 0.412 e. The van der Waals surface area contributed by atoms with E-state index >= 15 is 0 Å². The van der Waals surface area contributed by atoms with Gasteiger partial charge < -0.3 is 14.3 Å². The molecule has 3 rings (SSSR count). The summed E-state index contributed by atoms with van der Waals surface area (Å²) in [6, 6.07) is 9.12. The van der Waals surface area contributed by atoms with Gasteiger partial charge in [0.05, 0.1) is 12.2 Å². The molecule has 3 aromatic rings. The summed E-state index contributed by atoms with van der Waals surface area (Å²) in [5, 5.41) is 12.4. The van der Waals surface area contributed by atoms with Crippen LogP contribution in [0.2, 0.25) is 0 Å². The van der Waals surface area contributed by atoms with E-state index in [0.29, 0.717) is 5.56 Å². The van der Waals surface area contributed by atoms with E-state index in [9.17, 15) is 14.7 Å². The zero-order valence-electron chi connectivity index (χ0n) is 12.8. The van der Waals surface area contributed by atoms with Gasteiger partial charge in [0.2, 0.25) is 0 Å². The molecule has 2 heterocycles. The molecule has 0 saturated heterocycles. The minimum atomic E-state index is -0.654. The fourth-order valence-electron chi connectivity index (χ4n) is 2.29. The Kier molecular flexibility index (Phi) is 4.15. The molecule has 7 heteroatoms. The Morgan fingerprint density at radius 3 is 2.96 bits per heavy atom. The molecule has 1 amide bonds. The maximum absolute atomic E-state index is 12.3. The van der Waals surface area contributed by atoms with Gasteiger partial charge in [0.1, 0.15) is 28.3 Å². The summed E-state index contributed by atoms with van der Waals surface area (Å²) in [4.78, 5) is 28.0. The van der Waals surface area contributed by atoms with Crippen molar-refractivity contribution in [1.29, 1.82) is 0 Å². The number of rotatable bonds is 3. The molecule has 2 N–H and O–H groups in total. The van der Waals surface area contributed by atoms with Gasteiger partial charge in [0.25, 0.3) is 0 Å². The number of nitrogens with one attached hydrogen (secondary N) is 1. The quantitative estimate of drug-likeness (QED) is 0.766. The number of fused-ring (bicyclic) bond motifs is 1. The van der Waals surface area contributed by atoms with Crippen LogP contribution in [-0.2, 0) is 4.74 Å². The highest BCUT2D eigenvalue weighted by molar-refractivity contribution is 5.90. The van der Waals surface area contributed by atoms with Gasteiger partial charge in [-0.2, -0.15) is 0 Å². The van der Waals surface area contributed by atoms with Gasteiger partial charge in [-0.15, -0.1) is 0 Å². The second-order valence-electron chi connectivity index (χ2n) is 4.87. The normalized spacial score (nSPS) is 10.5. The third-order valence-electron chi connectivity index (χ3n) is 3.30. The fourth-order valence-corrected chi connectivity index (χ4v) is 2.29. The topological polar surface area (TPSA) is 102 Å².